The first kappa shape index (κ1) is 13.2. The van der Waals surface area contributed by atoms with E-state index in [0.717, 1.165) is 6.42 Å². The summed E-state index contributed by atoms with van der Waals surface area (Å²) < 4.78 is 5.89. The van der Waals surface area contributed by atoms with Gasteiger partial charge in [-0.05, 0) is 43.9 Å². The molecule has 0 aromatic heterocycles. The van der Waals surface area contributed by atoms with Gasteiger partial charge >= 0.3 is 0 Å². The summed E-state index contributed by atoms with van der Waals surface area (Å²) in [5.74, 6) is 0. The highest BCUT2D eigenvalue weighted by molar-refractivity contribution is 5.30. The highest BCUT2D eigenvalue weighted by atomic mass is 16.5. The number of ether oxygens (including phenoxy) is 1. The summed E-state index contributed by atoms with van der Waals surface area (Å²) in [5.41, 5.74) is 9.24. The van der Waals surface area contributed by atoms with Crippen LogP contribution < -0.4 is 5.73 Å². The summed E-state index contributed by atoms with van der Waals surface area (Å²) in [6.45, 7) is 9.77. The normalized spacial score (nSPS) is 11.8. The summed E-state index contributed by atoms with van der Waals surface area (Å²) in [6, 6.07) is 6.32. The maximum atomic E-state index is 5.89. The molecule has 0 aliphatic heterocycles. The topological polar surface area (TPSA) is 35.2 Å². The maximum Gasteiger partial charge on any atom is 0.0726 e. The lowest BCUT2D eigenvalue weighted by molar-refractivity contribution is -0.0318. The van der Waals surface area contributed by atoms with E-state index in [4.69, 9.17) is 10.5 Å². The zero-order chi connectivity index (χ0) is 12.2. The Morgan fingerprint density at radius 1 is 1.31 bits per heavy atom. The first-order valence-electron chi connectivity index (χ1n) is 5.91. The Kier molecular flexibility index (Phi) is 4.51. The van der Waals surface area contributed by atoms with Crippen molar-refractivity contribution in [3.05, 3.63) is 34.9 Å². The minimum atomic E-state index is -0.0427. The summed E-state index contributed by atoms with van der Waals surface area (Å²) in [5, 5.41) is 0. The van der Waals surface area contributed by atoms with Gasteiger partial charge in [0.25, 0.3) is 0 Å². The molecule has 0 saturated carbocycles. The van der Waals surface area contributed by atoms with Crippen LogP contribution in [0, 0.1) is 6.92 Å². The fourth-order valence-electron chi connectivity index (χ4n) is 1.42. The average molecular weight is 221 g/mol. The molecule has 1 aromatic rings. The van der Waals surface area contributed by atoms with Gasteiger partial charge in [0.2, 0.25) is 0 Å². The fraction of sp³-hybridized carbons (Fsp3) is 0.571. The van der Waals surface area contributed by atoms with Crippen molar-refractivity contribution < 1.29 is 4.74 Å². The molecule has 0 fully saturated rings. The SMILES string of the molecule is CCC(C)(C)OCc1ccc(CN)cc1C. The van der Waals surface area contributed by atoms with Crippen LogP contribution in [0.1, 0.15) is 43.9 Å². The second-order valence-electron chi connectivity index (χ2n) is 4.87. The van der Waals surface area contributed by atoms with Gasteiger partial charge in [-0.15, -0.1) is 0 Å². The van der Waals surface area contributed by atoms with E-state index < -0.39 is 0 Å². The third kappa shape index (κ3) is 3.62. The molecule has 0 aliphatic rings. The van der Waals surface area contributed by atoms with E-state index in [9.17, 15) is 0 Å². The Hall–Kier alpha value is -0.860. The van der Waals surface area contributed by atoms with Gasteiger partial charge in [-0.25, -0.2) is 0 Å². The first-order chi connectivity index (χ1) is 7.48. The summed E-state index contributed by atoms with van der Waals surface area (Å²) >= 11 is 0. The molecular weight excluding hydrogens is 198 g/mol. The van der Waals surface area contributed by atoms with Gasteiger partial charge in [-0.3, -0.25) is 0 Å². The molecule has 2 heteroatoms. The molecule has 0 unspecified atom stereocenters. The molecule has 0 radical (unpaired) electrons. The molecule has 2 N–H and O–H groups in total. The van der Waals surface area contributed by atoms with Crippen molar-refractivity contribution in [2.75, 3.05) is 0 Å². The monoisotopic (exact) mass is 221 g/mol. The quantitative estimate of drug-likeness (QED) is 0.829. The van der Waals surface area contributed by atoms with E-state index in [-0.39, 0.29) is 5.60 Å². The first-order valence-corrected chi connectivity index (χ1v) is 5.91. The predicted molar refractivity (Wildman–Crippen MR) is 68.2 cm³/mol. The minimum Gasteiger partial charge on any atom is -0.371 e. The Balaban J connectivity index is 2.68. The summed E-state index contributed by atoms with van der Waals surface area (Å²) in [4.78, 5) is 0. The zero-order valence-electron chi connectivity index (χ0n) is 10.8. The number of hydrogen-bond acceptors (Lipinski definition) is 2. The van der Waals surface area contributed by atoms with Crippen molar-refractivity contribution in [3.8, 4) is 0 Å². The van der Waals surface area contributed by atoms with Crippen LogP contribution >= 0.6 is 0 Å². The molecule has 1 aromatic carbocycles. The molecule has 90 valence electrons. The van der Waals surface area contributed by atoms with Crippen LogP contribution in [0.15, 0.2) is 18.2 Å². The highest BCUT2D eigenvalue weighted by Gasteiger charge is 2.15. The lowest BCUT2D eigenvalue weighted by atomic mass is 10.0. The number of rotatable bonds is 5. The average Bonchev–Trinajstić information content (AvgIpc) is 2.27. The van der Waals surface area contributed by atoms with Crippen molar-refractivity contribution in [2.45, 2.75) is 52.9 Å². The van der Waals surface area contributed by atoms with Crippen LogP contribution in [0.5, 0.6) is 0 Å². The lowest BCUT2D eigenvalue weighted by Crippen LogP contribution is -2.22. The molecule has 2 nitrogen and oxygen atoms in total. The number of aryl methyl sites for hydroxylation is 1. The van der Waals surface area contributed by atoms with Gasteiger partial charge < -0.3 is 10.5 Å². The van der Waals surface area contributed by atoms with Crippen LogP contribution in [-0.2, 0) is 17.9 Å². The number of benzene rings is 1. The number of nitrogens with two attached hydrogens (primary N) is 1. The second kappa shape index (κ2) is 5.46. The Morgan fingerprint density at radius 2 is 2.00 bits per heavy atom. The van der Waals surface area contributed by atoms with Crippen LogP contribution in [0.3, 0.4) is 0 Å². The number of hydrogen-bond donors (Lipinski definition) is 1. The highest BCUT2D eigenvalue weighted by Crippen LogP contribution is 2.18. The molecule has 0 spiro atoms. The van der Waals surface area contributed by atoms with Gasteiger partial charge in [-0.2, -0.15) is 0 Å². The van der Waals surface area contributed by atoms with Gasteiger partial charge in [0.15, 0.2) is 0 Å². The summed E-state index contributed by atoms with van der Waals surface area (Å²) in [6.07, 6.45) is 1.02. The van der Waals surface area contributed by atoms with Crippen LogP contribution in [0.25, 0.3) is 0 Å². The van der Waals surface area contributed by atoms with Gasteiger partial charge in [0.05, 0.1) is 12.2 Å². The third-order valence-electron chi connectivity index (χ3n) is 3.11. The standard InChI is InChI=1S/C14H23NO/c1-5-14(3,4)16-10-13-7-6-12(9-15)8-11(13)2/h6-8H,5,9-10,15H2,1-4H3. The van der Waals surface area contributed by atoms with Crippen molar-refractivity contribution >= 4 is 0 Å². The van der Waals surface area contributed by atoms with E-state index in [1.54, 1.807) is 0 Å². The van der Waals surface area contributed by atoms with Gasteiger partial charge in [0.1, 0.15) is 0 Å². The Labute approximate surface area is 98.8 Å². The molecule has 0 amide bonds. The Bertz CT molecular complexity index is 345. The van der Waals surface area contributed by atoms with Crippen molar-refractivity contribution in [1.29, 1.82) is 0 Å². The molecule has 0 aliphatic carbocycles. The van der Waals surface area contributed by atoms with Gasteiger partial charge in [-0.1, -0.05) is 25.1 Å². The van der Waals surface area contributed by atoms with E-state index in [1.165, 1.54) is 16.7 Å². The fourth-order valence-corrected chi connectivity index (χ4v) is 1.42. The molecule has 16 heavy (non-hydrogen) atoms. The van der Waals surface area contributed by atoms with E-state index >= 15 is 0 Å². The molecule has 0 bridgehead atoms. The predicted octanol–water partition coefficient (Wildman–Crippen LogP) is 3.16. The second-order valence-corrected chi connectivity index (χ2v) is 4.87. The molecule has 0 atom stereocenters. The van der Waals surface area contributed by atoms with E-state index in [0.29, 0.717) is 13.2 Å². The zero-order valence-corrected chi connectivity index (χ0v) is 10.8. The Morgan fingerprint density at radius 3 is 2.50 bits per heavy atom. The van der Waals surface area contributed by atoms with Crippen LogP contribution in [-0.4, -0.2) is 5.60 Å². The lowest BCUT2D eigenvalue weighted by Gasteiger charge is -2.24. The van der Waals surface area contributed by atoms with Crippen LogP contribution in [0.4, 0.5) is 0 Å². The van der Waals surface area contributed by atoms with Crippen molar-refractivity contribution in [2.24, 2.45) is 5.73 Å². The molecule has 0 saturated heterocycles. The van der Waals surface area contributed by atoms with Gasteiger partial charge in [0, 0.05) is 6.54 Å². The van der Waals surface area contributed by atoms with Crippen molar-refractivity contribution in [1.82, 2.24) is 0 Å². The van der Waals surface area contributed by atoms with Crippen molar-refractivity contribution in [3.63, 3.8) is 0 Å². The minimum absolute atomic E-state index is 0.0427. The molecule has 0 heterocycles. The molecule has 1 rings (SSSR count). The van der Waals surface area contributed by atoms with E-state index in [2.05, 4.69) is 45.9 Å². The smallest absolute Gasteiger partial charge is 0.0726 e. The van der Waals surface area contributed by atoms with E-state index in [1.807, 2.05) is 0 Å². The third-order valence-corrected chi connectivity index (χ3v) is 3.11. The summed E-state index contributed by atoms with van der Waals surface area (Å²) in [7, 11) is 0. The van der Waals surface area contributed by atoms with Crippen LogP contribution in [0.2, 0.25) is 0 Å². The molecular formula is C14H23NO. The maximum absolute atomic E-state index is 5.89. The largest absolute Gasteiger partial charge is 0.371 e.